The second-order valence-electron chi connectivity index (χ2n) is 7.98. The number of amides is 1. The molecule has 0 fully saturated rings. The van der Waals surface area contributed by atoms with Crippen LogP contribution >= 0.6 is 0 Å². The van der Waals surface area contributed by atoms with Gasteiger partial charge in [-0.2, -0.15) is 9.50 Å². The molecule has 0 unspecified atom stereocenters. The van der Waals surface area contributed by atoms with Gasteiger partial charge in [0.1, 0.15) is 0 Å². The van der Waals surface area contributed by atoms with E-state index in [0.29, 0.717) is 5.78 Å². The molecule has 0 atom stereocenters. The highest BCUT2D eigenvalue weighted by Crippen LogP contribution is 2.22. The smallest absolute Gasteiger partial charge is 0.254 e. The third-order valence-corrected chi connectivity index (χ3v) is 6.01. The molecular formula is C23H30N8O. The lowest BCUT2D eigenvalue weighted by Gasteiger charge is -2.18. The molecule has 4 rings (SSSR count). The zero-order valence-electron chi connectivity index (χ0n) is 19.1. The number of carbonyl (C=O) groups is 1. The summed E-state index contributed by atoms with van der Waals surface area (Å²) >= 11 is 0. The fraction of sp³-hybridized carbons (Fsp3) is 0.391. The summed E-state index contributed by atoms with van der Waals surface area (Å²) in [6.07, 6.45) is 2.31. The van der Waals surface area contributed by atoms with E-state index in [2.05, 4.69) is 62.0 Å². The maximum Gasteiger partial charge on any atom is 0.254 e. The quantitative estimate of drug-likeness (QED) is 0.442. The molecule has 0 spiro atoms. The molecule has 9 heteroatoms. The van der Waals surface area contributed by atoms with E-state index in [9.17, 15) is 4.79 Å². The van der Waals surface area contributed by atoms with Crippen LogP contribution in [0.25, 0.3) is 16.7 Å². The standard InChI is InChI=1S/C23H30N8O/c1-5-29(6-2)11-12-30-10-9-17-13-18(7-8-20(17)30)26-21(32)14-19-15(3)25-23-27-22(24)28-31(23)16(19)4/h7-10,13H,5-6,11-12,14H2,1-4H3,(H2,24,28)(H,26,32). The maximum absolute atomic E-state index is 12.8. The fourth-order valence-corrected chi connectivity index (χ4v) is 4.11. The first kappa shape index (κ1) is 21.8. The van der Waals surface area contributed by atoms with Crippen LogP contribution in [0.5, 0.6) is 0 Å². The molecule has 3 heterocycles. The molecule has 3 N–H and O–H groups in total. The Kier molecular flexibility index (Phi) is 6.09. The molecule has 0 saturated carbocycles. The van der Waals surface area contributed by atoms with Gasteiger partial charge in [-0.1, -0.05) is 13.8 Å². The van der Waals surface area contributed by atoms with E-state index in [4.69, 9.17) is 5.73 Å². The lowest BCUT2D eigenvalue weighted by atomic mass is 10.1. The molecule has 0 aliphatic rings. The Morgan fingerprint density at radius 2 is 1.94 bits per heavy atom. The number of benzene rings is 1. The topological polar surface area (TPSA) is 106 Å². The molecule has 32 heavy (non-hydrogen) atoms. The van der Waals surface area contributed by atoms with Crippen molar-refractivity contribution < 1.29 is 4.79 Å². The number of anilines is 2. The maximum atomic E-state index is 12.8. The molecule has 0 aliphatic carbocycles. The van der Waals surface area contributed by atoms with E-state index in [1.165, 1.54) is 5.52 Å². The average molecular weight is 435 g/mol. The highest BCUT2D eigenvalue weighted by Gasteiger charge is 2.16. The van der Waals surface area contributed by atoms with Crippen molar-refractivity contribution in [2.24, 2.45) is 0 Å². The Balaban J connectivity index is 1.48. The summed E-state index contributed by atoms with van der Waals surface area (Å²) in [5, 5.41) is 8.28. The van der Waals surface area contributed by atoms with Gasteiger partial charge in [0, 0.05) is 52.8 Å². The van der Waals surface area contributed by atoms with Crippen molar-refractivity contribution in [2.45, 2.75) is 40.7 Å². The Bertz CT molecular complexity index is 1270. The molecule has 4 aromatic rings. The van der Waals surface area contributed by atoms with Gasteiger partial charge >= 0.3 is 0 Å². The number of hydrogen-bond acceptors (Lipinski definition) is 6. The van der Waals surface area contributed by atoms with Gasteiger partial charge in [0.25, 0.3) is 5.78 Å². The SMILES string of the molecule is CCN(CC)CCn1ccc2cc(NC(=O)Cc3c(C)nc4nc(N)nn4c3C)ccc21. The molecule has 168 valence electrons. The van der Waals surface area contributed by atoms with E-state index in [1.54, 1.807) is 4.52 Å². The van der Waals surface area contributed by atoms with Crippen LogP contribution in [0.15, 0.2) is 30.5 Å². The molecule has 0 bridgehead atoms. The molecule has 1 aromatic carbocycles. The van der Waals surface area contributed by atoms with Crippen LogP contribution in [-0.2, 0) is 17.8 Å². The van der Waals surface area contributed by atoms with Crippen molar-refractivity contribution in [3.8, 4) is 0 Å². The van der Waals surface area contributed by atoms with Crippen molar-refractivity contribution >= 4 is 34.2 Å². The van der Waals surface area contributed by atoms with Gasteiger partial charge in [0.15, 0.2) is 0 Å². The first-order valence-corrected chi connectivity index (χ1v) is 11.0. The first-order valence-electron chi connectivity index (χ1n) is 11.0. The Morgan fingerprint density at radius 3 is 2.69 bits per heavy atom. The van der Waals surface area contributed by atoms with Gasteiger partial charge in [0.05, 0.1) is 6.42 Å². The second-order valence-corrected chi connectivity index (χ2v) is 7.98. The van der Waals surface area contributed by atoms with E-state index in [1.807, 2.05) is 26.0 Å². The lowest BCUT2D eigenvalue weighted by Crippen LogP contribution is -2.26. The minimum Gasteiger partial charge on any atom is -0.366 e. The first-order chi connectivity index (χ1) is 15.4. The monoisotopic (exact) mass is 434 g/mol. The number of likely N-dealkylation sites (N-methyl/N-ethyl adjacent to an activating group) is 1. The van der Waals surface area contributed by atoms with Crippen molar-refractivity contribution in [1.29, 1.82) is 0 Å². The summed E-state index contributed by atoms with van der Waals surface area (Å²) in [6.45, 7) is 12.2. The molecule has 0 saturated heterocycles. The molecular weight excluding hydrogens is 404 g/mol. The lowest BCUT2D eigenvalue weighted by molar-refractivity contribution is -0.115. The summed E-state index contributed by atoms with van der Waals surface area (Å²) in [4.78, 5) is 23.7. The van der Waals surface area contributed by atoms with E-state index >= 15 is 0 Å². The van der Waals surface area contributed by atoms with Crippen LogP contribution in [0.4, 0.5) is 11.6 Å². The zero-order valence-corrected chi connectivity index (χ0v) is 19.1. The van der Waals surface area contributed by atoms with Gasteiger partial charge < -0.3 is 20.5 Å². The Hall–Kier alpha value is -3.46. The van der Waals surface area contributed by atoms with E-state index in [-0.39, 0.29) is 18.3 Å². The zero-order chi connectivity index (χ0) is 22.8. The highest BCUT2D eigenvalue weighted by molar-refractivity contribution is 5.95. The number of rotatable bonds is 8. The number of aryl methyl sites for hydroxylation is 2. The minimum absolute atomic E-state index is 0.106. The van der Waals surface area contributed by atoms with Gasteiger partial charge in [0.2, 0.25) is 11.9 Å². The van der Waals surface area contributed by atoms with Crippen LogP contribution in [0.3, 0.4) is 0 Å². The summed E-state index contributed by atoms with van der Waals surface area (Å²) < 4.78 is 3.84. The highest BCUT2D eigenvalue weighted by atomic mass is 16.1. The molecule has 9 nitrogen and oxygen atoms in total. The van der Waals surface area contributed by atoms with Crippen LogP contribution in [0.1, 0.15) is 30.8 Å². The van der Waals surface area contributed by atoms with Crippen LogP contribution in [-0.4, -0.2) is 54.6 Å². The van der Waals surface area contributed by atoms with Crippen LogP contribution in [0.2, 0.25) is 0 Å². The van der Waals surface area contributed by atoms with Gasteiger partial charge in [-0.05, 0) is 51.2 Å². The molecule has 3 aromatic heterocycles. The third kappa shape index (κ3) is 4.29. The number of hydrogen-bond donors (Lipinski definition) is 2. The number of nitrogens with zero attached hydrogens (tertiary/aromatic N) is 6. The summed E-state index contributed by atoms with van der Waals surface area (Å²) in [6, 6.07) is 8.12. The largest absolute Gasteiger partial charge is 0.366 e. The van der Waals surface area contributed by atoms with Gasteiger partial charge in [-0.25, -0.2) is 4.98 Å². The molecule has 0 radical (unpaired) electrons. The number of nitrogens with two attached hydrogens (primary N) is 1. The van der Waals surface area contributed by atoms with Crippen molar-refractivity contribution in [1.82, 2.24) is 29.0 Å². The summed E-state index contributed by atoms with van der Waals surface area (Å²) in [5.41, 5.74) is 10.0. The average Bonchev–Trinajstić information content (AvgIpc) is 3.34. The number of fused-ring (bicyclic) bond motifs is 2. The summed E-state index contributed by atoms with van der Waals surface area (Å²) in [7, 11) is 0. The van der Waals surface area contributed by atoms with Gasteiger partial charge in [-0.3, -0.25) is 4.79 Å². The van der Waals surface area contributed by atoms with Gasteiger partial charge in [-0.15, -0.1) is 5.10 Å². The van der Waals surface area contributed by atoms with Crippen LogP contribution < -0.4 is 11.1 Å². The Morgan fingerprint density at radius 1 is 1.16 bits per heavy atom. The number of nitrogens with one attached hydrogen (secondary N) is 1. The van der Waals surface area contributed by atoms with Crippen molar-refractivity contribution in [3.05, 3.63) is 47.4 Å². The number of nitrogen functional groups attached to an aromatic ring is 1. The normalized spacial score (nSPS) is 11.7. The molecule has 0 aliphatic heterocycles. The van der Waals surface area contributed by atoms with Crippen LogP contribution in [0, 0.1) is 13.8 Å². The predicted octanol–water partition coefficient (Wildman–Crippen LogP) is 2.80. The third-order valence-electron chi connectivity index (χ3n) is 6.01. The van der Waals surface area contributed by atoms with E-state index in [0.717, 1.165) is 54.2 Å². The second kappa shape index (κ2) is 8.96. The minimum atomic E-state index is -0.106. The summed E-state index contributed by atoms with van der Waals surface area (Å²) in [5.74, 6) is 0.502. The predicted molar refractivity (Wildman–Crippen MR) is 127 cm³/mol. The Labute approximate surface area is 187 Å². The van der Waals surface area contributed by atoms with E-state index < -0.39 is 0 Å². The van der Waals surface area contributed by atoms with Crippen molar-refractivity contribution in [3.63, 3.8) is 0 Å². The number of carbonyl (C=O) groups excluding carboxylic acids is 1. The van der Waals surface area contributed by atoms with Crippen molar-refractivity contribution in [2.75, 3.05) is 30.7 Å². The number of aromatic nitrogens is 5. The fourth-order valence-electron chi connectivity index (χ4n) is 4.11. The molecule has 1 amide bonds.